The molecule has 23 heavy (non-hydrogen) atoms. The lowest BCUT2D eigenvalue weighted by molar-refractivity contribution is -0.131. The maximum Gasteiger partial charge on any atom is 0.244 e. The highest BCUT2D eigenvalue weighted by Crippen LogP contribution is 2.21. The Morgan fingerprint density at radius 3 is 2.52 bits per heavy atom. The average Bonchev–Trinajstić information content (AvgIpc) is 3.11. The first kappa shape index (κ1) is 16.4. The third-order valence-corrected chi connectivity index (χ3v) is 5.27. The lowest BCUT2D eigenvalue weighted by atomic mass is 10.1. The molecule has 3 rings (SSSR count). The number of rotatable bonds is 4. The van der Waals surface area contributed by atoms with E-state index in [0.29, 0.717) is 6.04 Å². The molecular weight excluding hydrogens is 288 g/mol. The quantitative estimate of drug-likeness (QED) is 0.898. The number of piperazine rings is 1. The van der Waals surface area contributed by atoms with Crippen LogP contribution in [0.15, 0.2) is 30.3 Å². The largest absolute Gasteiger partial charge is 0.339 e. The maximum absolute atomic E-state index is 12.6. The van der Waals surface area contributed by atoms with Crippen molar-refractivity contribution in [1.29, 1.82) is 0 Å². The van der Waals surface area contributed by atoms with Crippen LogP contribution in [0, 0.1) is 0 Å². The molecule has 2 atom stereocenters. The predicted molar refractivity (Wildman–Crippen MR) is 92.0 cm³/mol. The van der Waals surface area contributed by atoms with Crippen LogP contribution in [-0.4, -0.2) is 72.5 Å². The summed E-state index contributed by atoms with van der Waals surface area (Å²) in [6, 6.07) is 9.64. The fourth-order valence-corrected chi connectivity index (χ4v) is 3.68. The minimum Gasteiger partial charge on any atom is -0.339 e. The molecule has 1 aromatic carbocycles. The van der Waals surface area contributed by atoms with E-state index in [4.69, 9.17) is 5.73 Å². The fourth-order valence-electron chi connectivity index (χ4n) is 3.68. The Kier molecular flexibility index (Phi) is 5.30. The molecule has 1 aromatic rings. The van der Waals surface area contributed by atoms with Crippen LogP contribution >= 0.6 is 0 Å². The molecular formula is C18H28N4O. The van der Waals surface area contributed by atoms with Gasteiger partial charge in [-0.15, -0.1) is 0 Å². The minimum atomic E-state index is -0.535. The summed E-state index contributed by atoms with van der Waals surface area (Å²) < 4.78 is 0. The van der Waals surface area contributed by atoms with Crippen molar-refractivity contribution in [2.45, 2.75) is 25.4 Å². The molecule has 2 saturated heterocycles. The lowest BCUT2D eigenvalue weighted by Crippen LogP contribution is -2.51. The summed E-state index contributed by atoms with van der Waals surface area (Å²) in [6.45, 7) is 9.53. The van der Waals surface area contributed by atoms with Gasteiger partial charge in [-0.3, -0.25) is 9.69 Å². The number of carbonyl (C=O) groups excluding carboxylic acids is 1. The third kappa shape index (κ3) is 3.74. The van der Waals surface area contributed by atoms with Crippen LogP contribution in [0.2, 0.25) is 0 Å². The topological polar surface area (TPSA) is 52.8 Å². The van der Waals surface area contributed by atoms with Gasteiger partial charge in [0, 0.05) is 45.3 Å². The van der Waals surface area contributed by atoms with Crippen LogP contribution < -0.4 is 5.73 Å². The van der Waals surface area contributed by atoms with E-state index in [1.807, 2.05) is 35.2 Å². The molecule has 2 N–H and O–H groups in total. The zero-order chi connectivity index (χ0) is 16.2. The molecule has 2 aliphatic heterocycles. The van der Waals surface area contributed by atoms with Crippen molar-refractivity contribution in [1.82, 2.24) is 14.7 Å². The number of hydrogen-bond donors (Lipinski definition) is 1. The van der Waals surface area contributed by atoms with E-state index >= 15 is 0 Å². The van der Waals surface area contributed by atoms with Crippen molar-refractivity contribution < 1.29 is 4.79 Å². The van der Waals surface area contributed by atoms with Gasteiger partial charge in [-0.05, 0) is 18.5 Å². The summed E-state index contributed by atoms with van der Waals surface area (Å²) >= 11 is 0. The second-order valence-electron chi connectivity index (χ2n) is 6.59. The van der Waals surface area contributed by atoms with Gasteiger partial charge in [0.2, 0.25) is 5.91 Å². The van der Waals surface area contributed by atoms with Gasteiger partial charge in [-0.2, -0.15) is 0 Å². The van der Waals surface area contributed by atoms with Crippen molar-refractivity contribution in [3.63, 3.8) is 0 Å². The first-order valence-corrected chi connectivity index (χ1v) is 8.74. The second kappa shape index (κ2) is 7.43. The Morgan fingerprint density at radius 2 is 1.87 bits per heavy atom. The van der Waals surface area contributed by atoms with Gasteiger partial charge in [0.15, 0.2) is 0 Å². The van der Waals surface area contributed by atoms with E-state index in [1.54, 1.807) is 0 Å². The standard InChI is InChI=1S/C18H28N4O/c1-2-20-10-12-21(13-11-20)16-8-9-22(14-16)18(23)17(19)15-6-4-3-5-7-15/h3-7,16-17H,2,8-14,19H2,1H3/t16-,17-/m0/s1. The summed E-state index contributed by atoms with van der Waals surface area (Å²) in [7, 11) is 0. The predicted octanol–water partition coefficient (Wildman–Crippen LogP) is 0.925. The Morgan fingerprint density at radius 1 is 1.17 bits per heavy atom. The van der Waals surface area contributed by atoms with Crippen LogP contribution in [0.3, 0.4) is 0 Å². The van der Waals surface area contributed by atoms with Gasteiger partial charge in [-0.25, -0.2) is 0 Å². The molecule has 0 saturated carbocycles. The number of nitrogens with zero attached hydrogens (tertiary/aromatic N) is 3. The lowest BCUT2D eigenvalue weighted by Gasteiger charge is -2.37. The second-order valence-corrected chi connectivity index (χ2v) is 6.59. The molecule has 0 spiro atoms. The molecule has 2 fully saturated rings. The van der Waals surface area contributed by atoms with Crippen LogP contribution in [0.4, 0.5) is 0 Å². The zero-order valence-corrected chi connectivity index (χ0v) is 14.0. The Hall–Kier alpha value is -1.43. The summed E-state index contributed by atoms with van der Waals surface area (Å²) in [6.07, 6.45) is 1.07. The molecule has 2 heterocycles. The molecule has 126 valence electrons. The monoisotopic (exact) mass is 316 g/mol. The van der Waals surface area contributed by atoms with E-state index in [2.05, 4.69) is 16.7 Å². The van der Waals surface area contributed by atoms with E-state index in [0.717, 1.165) is 57.8 Å². The van der Waals surface area contributed by atoms with Gasteiger partial charge >= 0.3 is 0 Å². The highest BCUT2D eigenvalue weighted by atomic mass is 16.2. The van der Waals surface area contributed by atoms with Crippen molar-refractivity contribution in [2.75, 3.05) is 45.8 Å². The molecule has 0 bridgehead atoms. The summed E-state index contributed by atoms with van der Waals surface area (Å²) in [5.41, 5.74) is 7.07. The Labute approximate surface area is 139 Å². The number of likely N-dealkylation sites (N-methyl/N-ethyl adjacent to an activating group) is 1. The third-order valence-electron chi connectivity index (χ3n) is 5.27. The fraction of sp³-hybridized carbons (Fsp3) is 0.611. The van der Waals surface area contributed by atoms with Gasteiger partial charge in [0.1, 0.15) is 6.04 Å². The van der Waals surface area contributed by atoms with Gasteiger partial charge in [0.05, 0.1) is 0 Å². The highest BCUT2D eigenvalue weighted by molar-refractivity contribution is 5.83. The van der Waals surface area contributed by atoms with E-state index in [1.165, 1.54) is 0 Å². The van der Waals surface area contributed by atoms with Crippen LogP contribution in [0.1, 0.15) is 24.9 Å². The zero-order valence-electron chi connectivity index (χ0n) is 14.0. The molecule has 2 aliphatic rings. The molecule has 0 unspecified atom stereocenters. The average molecular weight is 316 g/mol. The van der Waals surface area contributed by atoms with Crippen molar-refractivity contribution in [2.24, 2.45) is 5.73 Å². The van der Waals surface area contributed by atoms with E-state index < -0.39 is 6.04 Å². The molecule has 5 heteroatoms. The van der Waals surface area contributed by atoms with Crippen molar-refractivity contribution >= 4 is 5.91 Å². The molecule has 0 aliphatic carbocycles. The number of hydrogen-bond acceptors (Lipinski definition) is 4. The van der Waals surface area contributed by atoms with Crippen LogP contribution in [-0.2, 0) is 4.79 Å². The van der Waals surface area contributed by atoms with Crippen molar-refractivity contribution in [3.05, 3.63) is 35.9 Å². The smallest absolute Gasteiger partial charge is 0.244 e. The van der Waals surface area contributed by atoms with Crippen LogP contribution in [0.25, 0.3) is 0 Å². The van der Waals surface area contributed by atoms with E-state index in [9.17, 15) is 4.79 Å². The van der Waals surface area contributed by atoms with E-state index in [-0.39, 0.29) is 5.91 Å². The van der Waals surface area contributed by atoms with Crippen molar-refractivity contribution in [3.8, 4) is 0 Å². The summed E-state index contributed by atoms with van der Waals surface area (Å²) in [4.78, 5) is 19.6. The first-order valence-electron chi connectivity index (χ1n) is 8.74. The molecule has 5 nitrogen and oxygen atoms in total. The SMILES string of the molecule is CCN1CCN([C@H]2CCN(C(=O)[C@@H](N)c3ccccc3)C2)CC1. The number of nitrogens with two attached hydrogens (primary N) is 1. The maximum atomic E-state index is 12.6. The van der Waals surface area contributed by atoms with Crippen LogP contribution in [0.5, 0.6) is 0 Å². The first-order chi connectivity index (χ1) is 11.2. The number of carbonyl (C=O) groups is 1. The minimum absolute atomic E-state index is 0.0610. The molecule has 0 aromatic heterocycles. The summed E-state index contributed by atoms with van der Waals surface area (Å²) in [5.74, 6) is 0.0610. The molecule has 0 radical (unpaired) electrons. The number of likely N-dealkylation sites (tertiary alicyclic amines) is 1. The summed E-state index contributed by atoms with van der Waals surface area (Å²) in [5, 5.41) is 0. The number of amides is 1. The van der Waals surface area contributed by atoms with Gasteiger partial charge < -0.3 is 15.5 Å². The van der Waals surface area contributed by atoms with Gasteiger partial charge in [0.25, 0.3) is 0 Å². The van der Waals surface area contributed by atoms with Gasteiger partial charge in [-0.1, -0.05) is 37.3 Å². The molecule has 1 amide bonds. The Bertz CT molecular complexity index is 513. The highest BCUT2D eigenvalue weighted by Gasteiger charge is 2.33. The Balaban J connectivity index is 1.54. The normalized spacial score (nSPS) is 24.8. The number of benzene rings is 1.